The minimum Gasteiger partial charge on any atom is -0.486 e. The number of rotatable bonds is 4. The van der Waals surface area contributed by atoms with Gasteiger partial charge in [-0.2, -0.15) is 0 Å². The minimum atomic E-state index is -0.359. The number of hydrogen-bond acceptors (Lipinski definition) is 2. The lowest BCUT2D eigenvalue weighted by Crippen LogP contribution is -2.35. The van der Waals surface area contributed by atoms with Gasteiger partial charge in [0.1, 0.15) is 16.4 Å². The Kier molecular flexibility index (Phi) is 4.48. The van der Waals surface area contributed by atoms with E-state index in [4.69, 9.17) is 33.7 Å². The monoisotopic (exact) mass is 261 g/mol. The molecule has 2 nitrogen and oxygen atoms in total. The summed E-state index contributed by atoms with van der Waals surface area (Å²) in [6, 6.07) is 5.42. The quantitative estimate of drug-likeness (QED) is 0.893. The highest BCUT2D eigenvalue weighted by atomic mass is 35.5. The molecule has 0 aliphatic heterocycles. The highest BCUT2D eigenvalue weighted by Crippen LogP contribution is 2.34. The molecular weight excluding hydrogens is 245 g/mol. The zero-order valence-corrected chi connectivity index (χ0v) is 11.3. The molecule has 0 saturated carbocycles. The fraction of sp³-hybridized carbons (Fsp3) is 0.500. The molecule has 16 heavy (non-hydrogen) atoms. The normalized spacial score (nSPS) is 13.6. The van der Waals surface area contributed by atoms with Crippen LogP contribution in [0.25, 0.3) is 0 Å². The molecule has 0 bridgehead atoms. The SMILES string of the molecule is CC(N)CC(C)(C)Oc1cccc(Cl)c1Cl. The molecule has 1 aromatic carbocycles. The van der Waals surface area contributed by atoms with Crippen LogP contribution in [0.1, 0.15) is 27.2 Å². The lowest BCUT2D eigenvalue weighted by molar-refractivity contribution is 0.0934. The van der Waals surface area contributed by atoms with E-state index < -0.39 is 0 Å². The summed E-state index contributed by atoms with van der Waals surface area (Å²) >= 11 is 12.0. The van der Waals surface area contributed by atoms with Crippen molar-refractivity contribution < 1.29 is 4.74 Å². The summed E-state index contributed by atoms with van der Waals surface area (Å²) in [4.78, 5) is 0. The van der Waals surface area contributed by atoms with Crippen LogP contribution in [0, 0.1) is 0 Å². The molecule has 0 fully saturated rings. The fourth-order valence-electron chi connectivity index (χ4n) is 1.68. The second kappa shape index (κ2) is 5.26. The van der Waals surface area contributed by atoms with Gasteiger partial charge in [-0.1, -0.05) is 29.3 Å². The lowest BCUT2D eigenvalue weighted by atomic mass is 10.0. The van der Waals surface area contributed by atoms with Crippen LogP contribution < -0.4 is 10.5 Å². The summed E-state index contributed by atoms with van der Waals surface area (Å²) in [5, 5.41) is 0.942. The third-order valence-corrected chi connectivity index (χ3v) is 2.92. The Labute approximate surface area is 107 Å². The first kappa shape index (κ1) is 13.6. The molecule has 0 spiro atoms. The summed E-state index contributed by atoms with van der Waals surface area (Å²) < 4.78 is 5.83. The predicted octanol–water partition coefficient (Wildman–Crippen LogP) is 3.89. The molecule has 0 saturated heterocycles. The van der Waals surface area contributed by atoms with Gasteiger partial charge in [-0.15, -0.1) is 0 Å². The van der Waals surface area contributed by atoms with E-state index in [1.807, 2.05) is 26.8 Å². The Hall–Kier alpha value is -0.440. The van der Waals surface area contributed by atoms with Crippen LogP contribution in [0.2, 0.25) is 10.0 Å². The number of benzene rings is 1. The van der Waals surface area contributed by atoms with Crippen LogP contribution in [0.5, 0.6) is 5.75 Å². The van der Waals surface area contributed by atoms with Gasteiger partial charge in [0.25, 0.3) is 0 Å². The summed E-state index contributed by atoms with van der Waals surface area (Å²) in [5.74, 6) is 0.597. The maximum Gasteiger partial charge on any atom is 0.140 e. The van der Waals surface area contributed by atoms with Crippen molar-refractivity contribution in [3.8, 4) is 5.75 Å². The van der Waals surface area contributed by atoms with E-state index in [0.29, 0.717) is 15.8 Å². The molecule has 0 heterocycles. The second-order valence-corrected chi connectivity index (χ2v) is 5.38. The molecule has 0 radical (unpaired) electrons. The minimum absolute atomic E-state index is 0.0768. The Balaban J connectivity index is 2.83. The first-order valence-corrected chi connectivity index (χ1v) is 5.96. The van der Waals surface area contributed by atoms with Crippen molar-refractivity contribution in [1.82, 2.24) is 0 Å². The van der Waals surface area contributed by atoms with Crippen molar-refractivity contribution in [3.05, 3.63) is 28.2 Å². The van der Waals surface area contributed by atoms with E-state index in [9.17, 15) is 0 Å². The van der Waals surface area contributed by atoms with Gasteiger partial charge in [0, 0.05) is 12.5 Å². The molecule has 4 heteroatoms. The zero-order valence-electron chi connectivity index (χ0n) is 9.76. The lowest BCUT2D eigenvalue weighted by Gasteiger charge is -2.28. The average molecular weight is 262 g/mol. The summed E-state index contributed by atoms with van der Waals surface area (Å²) in [6.07, 6.45) is 0.746. The molecular formula is C12H17Cl2NO. The highest BCUT2D eigenvalue weighted by molar-refractivity contribution is 6.42. The smallest absolute Gasteiger partial charge is 0.140 e. The third-order valence-electron chi connectivity index (χ3n) is 2.12. The van der Waals surface area contributed by atoms with Crippen molar-refractivity contribution in [3.63, 3.8) is 0 Å². The van der Waals surface area contributed by atoms with E-state index in [-0.39, 0.29) is 11.6 Å². The van der Waals surface area contributed by atoms with E-state index in [1.165, 1.54) is 0 Å². The van der Waals surface area contributed by atoms with Crippen LogP contribution >= 0.6 is 23.2 Å². The molecule has 0 aliphatic carbocycles. The highest BCUT2D eigenvalue weighted by Gasteiger charge is 2.23. The molecule has 1 unspecified atom stereocenters. The number of nitrogens with two attached hydrogens (primary N) is 1. The van der Waals surface area contributed by atoms with E-state index >= 15 is 0 Å². The molecule has 1 atom stereocenters. The van der Waals surface area contributed by atoms with Crippen LogP contribution in [-0.4, -0.2) is 11.6 Å². The molecule has 90 valence electrons. The van der Waals surface area contributed by atoms with Crippen LogP contribution in [0.4, 0.5) is 0 Å². The van der Waals surface area contributed by atoms with E-state index in [0.717, 1.165) is 6.42 Å². The van der Waals surface area contributed by atoms with Crippen molar-refractivity contribution in [2.45, 2.75) is 38.8 Å². The molecule has 0 aromatic heterocycles. The van der Waals surface area contributed by atoms with Gasteiger partial charge >= 0.3 is 0 Å². The Bertz CT molecular complexity index is 364. The third kappa shape index (κ3) is 3.85. The van der Waals surface area contributed by atoms with Crippen LogP contribution in [0.15, 0.2) is 18.2 Å². The number of ether oxygens (including phenoxy) is 1. The van der Waals surface area contributed by atoms with E-state index in [1.54, 1.807) is 12.1 Å². The van der Waals surface area contributed by atoms with Gasteiger partial charge < -0.3 is 10.5 Å². The molecule has 0 aliphatic rings. The topological polar surface area (TPSA) is 35.2 Å². The molecule has 1 rings (SSSR count). The molecule has 2 N–H and O–H groups in total. The first-order valence-electron chi connectivity index (χ1n) is 5.20. The van der Waals surface area contributed by atoms with Gasteiger partial charge in [-0.05, 0) is 32.9 Å². The van der Waals surface area contributed by atoms with Crippen molar-refractivity contribution in [2.24, 2.45) is 5.73 Å². The Morgan fingerprint density at radius 2 is 2.00 bits per heavy atom. The molecule has 1 aromatic rings. The van der Waals surface area contributed by atoms with Crippen LogP contribution in [-0.2, 0) is 0 Å². The summed E-state index contributed by atoms with van der Waals surface area (Å²) in [6.45, 7) is 5.91. The fourth-order valence-corrected chi connectivity index (χ4v) is 2.01. The summed E-state index contributed by atoms with van der Waals surface area (Å²) in [5.41, 5.74) is 5.40. The largest absolute Gasteiger partial charge is 0.486 e. The Morgan fingerprint density at radius 1 is 1.38 bits per heavy atom. The van der Waals surface area contributed by atoms with Gasteiger partial charge in [0.05, 0.1) is 5.02 Å². The van der Waals surface area contributed by atoms with Gasteiger partial charge in [0.15, 0.2) is 0 Å². The second-order valence-electron chi connectivity index (χ2n) is 4.60. The molecule has 0 amide bonds. The maximum absolute atomic E-state index is 6.05. The van der Waals surface area contributed by atoms with Crippen molar-refractivity contribution in [2.75, 3.05) is 0 Å². The summed E-state index contributed by atoms with van der Waals surface area (Å²) in [7, 11) is 0. The van der Waals surface area contributed by atoms with E-state index in [2.05, 4.69) is 0 Å². The standard InChI is InChI=1S/C12H17Cl2NO/c1-8(15)7-12(2,3)16-10-6-4-5-9(13)11(10)14/h4-6,8H,7,15H2,1-3H3. The zero-order chi connectivity index (χ0) is 12.3. The average Bonchev–Trinajstić information content (AvgIpc) is 2.10. The van der Waals surface area contributed by atoms with Gasteiger partial charge in [0.2, 0.25) is 0 Å². The van der Waals surface area contributed by atoms with Gasteiger partial charge in [-0.25, -0.2) is 0 Å². The number of hydrogen-bond donors (Lipinski definition) is 1. The Morgan fingerprint density at radius 3 is 2.56 bits per heavy atom. The maximum atomic E-state index is 6.05. The van der Waals surface area contributed by atoms with Gasteiger partial charge in [-0.3, -0.25) is 0 Å². The van der Waals surface area contributed by atoms with Crippen LogP contribution in [0.3, 0.4) is 0 Å². The number of halogens is 2. The predicted molar refractivity (Wildman–Crippen MR) is 69.4 cm³/mol. The first-order chi connectivity index (χ1) is 7.32. The van der Waals surface area contributed by atoms with Crippen molar-refractivity contribution >= 4 is 23.2 Å². The van der Waals surface area contributed by atoms with Crippen molar-refractivity contribution in [1.29, 1.82) is 0 Å².